The van der Waals surface area contributed by atoms with E-state index in [1.165, 1.54) is 11.1 Å². The third kappa shape index (κ3) is 13.5. The molecule has 0 radical (unpaired) electrons. The first-order valence-corrected chi connectivity index (χ1v) is 8.08. The van der Waals surface area contributed by atoms with Crippen molar-refractivity contribution in [2.24, 2.45) is 0 Å². The summed E-state index contributed by atoms with van der Waals surface area (Å²) in [7, 11) is 4.12. The van der Waals surface area contributed by atoms with E-state index in [0.717, 1.165) is 30.8 Å². The molecule has 0 rings (SSSR count). The van der Waals surface area contributed by atoms with Crippen molar-refractivity contribution in [1.29, 1.82) is 0 Å². The van der Waals surface area contributed by atoms with E-state index >= 15 is 0 Å². The molecule has 0 aromatic rings. The smallest absolute Gasteiger partial charge is 0.252 e. The molecule has 0 unspecified atom stereocenters. The highest BCUT2D eigenvalue weighted by molar-refractivity contribution is 7.99. The monoisotopic (exact) mass is 313 g/mol. The second kappa shape index (κ2) is 11.4. The van der Waals surface area contributed by atoms with Gasteiger partial charge in [0.05, 0.1) is 10.6 Å². The Labute approximate surface area is 132 Å². The van der Waals surface area contributed by atoms with E-state index in [1.54, 1.807) is 6.92 Å². The summed E-state index contributed by atoms with van der Waals surface area (Å²) in [5.41, 5.74) is 3.26. The number of thioether (sulfide) groups is 1. The van der Waals surface area contributed by atoms with Crippen LogP contribution in [0.4, 0.5) is 0 Å². The topological polar surface area (TPSA) is 58.4 Å². The molecule has 120 valence electrons. The summed E-state index contributed by atoms with van der Waals surface area (Å²) in [6.07, 6.45) is 5.32. The Kier molecular flexibility index (Phi) is 10.7. The van der Waals surface area contributed by atoms with Crippen LogP contribution in [0.25, 0.3) is 0 Å². The summed E-state index contributed by atoms with van der Waals surface area (Å²) in [6, 6.07) is 0. The van der Waals surface area contributed by atoms with Crippen LogP contribution in [0.15, 0.2) is 35.2 Å². The van der Waals surface area contributed by atoms with Gasteiger partial charge in [-0.1, -0.05) is 23.3 Å². The highest BCUT2D eigenvalue weighted by Crippen LogP contribution is 2.08. The minimum atomic E-state index is -0.440. The molecule has 0 aliphatic carbocycles. The van der Waals surface area contributed by atoms with Crippen LogP contribution >= 0.6 is 11.8 Å². The third-order valence-electron chi connectivity index (χ3n) is 2.50. The number of nitro groups is 1. The Morgan fingerprint density at radius 3 is 2.43 bits per heavy atom. The number of nitrogens with one attached hydrogen (secondary N) is 1. The van der Waals surface area contributed by atoms with Crippen molar-refractivity contribution < 1.29 is 4.92 Å². The lowest BCUT2D eigenvalue weighted by molar-refractivity contribution is -0.403. The standard InChI is InChI=1S/C15H27N3O2S/c1-13(10-17(4)5)6-7-14(2)12-21-9-8-16-15(3)11-18(19)20/h6-7,11,16H,8-10,12H2,1-5H3/b13-6+,14-7+,15-11-. The fraction of sp³-hybridized carbons (Fsp3) is 0.600. The van der Waals surface area contributed by atoms with Crippen molar-refractivity contribution in [3.63, 3.8) is 0 Å². The summed E-state index contributed by atoms with van der Waals surface area (Å²) in [5, 5.41) is 13.3. The third-order valence-corrected chi connectivity index (χ3v) is 3.65. The largest absolute Gasteiger partial charge is 0.383 e. The molecule has 0 aromatic carbocycles. The molecular formula is C15H27N3O2S. The van der Waals surface area contributed by atoms with Gasteiger partial charge in [-0.3, -0.25) is 10.1 Å². The van der Waals surface area contributed by atoms with Crippen LogP contribution in [0.5, 0.6) is 0 Å². The normalized spacial score (nSPS) is 13.7. The number of nitrogens with zero attached hydrogens (tertiary/aromatic N) is 2. The van der Waals surface area contributed by atoms with Crippen molar-refractivity contribution in [3.05, 3.63) is 45.3 Å². The molecule has 6 heteroatoms. The van der Waals surface area contributed by atoms with Gasteiger partial charge in [0.2, 0.25) is 0 Å². The fourth-order valence-corrected chi connectivity index (χ4v) is 2.45. The Hall–Kier alpha value is -1.27. The molecule has 21 heavy (non-hydrogen) atoms. The first-order valence-electron chi connectivity index (χ1n) is 6.92. The highest BCUT2D eigenvalue weighted by Gasteiger charge is 1.96. The van der Waals surface area contributed by atoms with E-state index in [-0.39, 0.29) is 0 Å². The fourth-order valence-electron chi connectivity index (χ4n) is 1.64. The van der Waals surface area contributed by atoms with Crippen LogP contribution in [0.1, 0.15) is 20.8 Å². The van der Waals surface area contributed by atoms with Crippen molar-refractivity contribution in [2.75, 3.05) is 38.7 Å². The Bertz CT molecular complexity index is 415. The molecule has 0 aliphatic heterocycles. The molecular weight excluding hydrogens is 286 g/mol. The van der Waals surface area contributed by atoms with Crippen LogP contribution in [0.2, 0.25) is 0 Å². The van der Waals surface area contributed by atoms with Gasteiger partial charge in [0.25, 0.3) is 6.20 Å². The summed E-state index contributed by atoms with van der Waals surface area (Å²) in [6.45, 7) is 7.67. The molecule has 0 fully saturated rings. The molecule has 0 saturated carbocycles. The molecule has 0 spiro atoms. The van der Waals surface area contributed by atoms with Crippen molar-refractivity contribution in [2.45, 2.75) is 20.8 Å². The van der Waals surface area contributed by atoms with Crippen LogP contribution in [-0.2, 0) is 0 Å². The molecule has 1 N–H and O–H groups in total. The first kappa shape index (κ1) is 19.7. The maximum atomic E-state index is 10.2. The number of rotatable bonds is 10. The van der Waals surface area contributed by atoms with Crippen molar-refractivity contribution in [1.82, 2.24) is 10.2 Å². The van der Waals surface area contributed by atoms with Gasteiger partial charge in [0, 0.05) is 24.6 Å². The molecule has 0 amide bonds. The SMILES string of the molecule is C/C(=C/[N+](=O)[O-])NCCSC/C(C)=C/C=C(\C)CN(C)C. The minimum absolute atomic E-state index is 0.440. The van der Waals surface area contributed by atoms with Crippen LogP contribution in [0.3, 0.4) is 0 Å². The zero-order valence-electron chi connectivity index (χ0n) is 13.7. The number of allylic oxidation sites excluding steroid dienone is 3. The van der Waals surface area contributed by atoms with Gasteiger partial charge in [-0.15, -0.1) is 0 Å². The Morgan fingerprint density at radius 1 is 1.24 bits per heavy atom. The van der Waals surface area contributed by atoms with Gasteiger partial charge >= 0.3 is 0 Å². The van der Waals surface area contributed by atoms with E-state index in [9.17, 15) is 10.1 Å². The van der Waals surface area contributed by atoms with Crippen molar-refractivity contribution >= 4 is 11.8 Å². The van der Waals surface area contributed by atoms with Gasteiger partial charge in [0.15, 0.2) is 0 Å². The summed E-state index contributed by atoms with van der Waals surface area (Å²) in [5.74, 6) is 1.90. The lowest BCUT2D eigenvalue weighted by Crippen LogP contribution is -2.15. The second-order valence-electron chi connectivity index (χ2n) is 5.34. The number of likely N-dealkylation sites (N-methyl/N-ethyl adjacent to an activating group) is 1. The molecule has 0 heterocycles. The predicted octanol–water partition coefficient (Wildman–Crippen LogP) is 2.90. The molecule has 5 nitrogen and oxygen atoms in total. The van der Waals surface area contributed by atoms with Crippen molar-refractivity contribution in [3.8, 4) is 0 Å². The van der Waals surface area contributed by atoms with Gasteiger partial charge < -0.3 is 10.2 Å². The highest BCUT2D eigenvalue weighted by atomic mass is 32.2. The summed E-state index contributed by atoms with van der Waals surface area (Å²) >= 11 is 1.82. The second-order valence-corrected chi connectivity index (χ2v) is 6.45. The van der Waals surface area contributed by atoms with Crippen LogP contribution in [0, 0.1) is 10.1 Å². The quantitative estimate of drug-likeness (QED) is 0.291. The molecule has 0 aromatic heterocycles. The Balaban J connectivity index is 3.89. The van der Waals surface area contributed by atoms with Gasteiger partial charge in [-0.25, -0.2) is 0 Å². The van der Waals surface area contributed by atoms with Crippen LogP contribution in [-0.4, -0.2) is 48.5 Å². The lowest BCUT2D eigenvalue weighted by atomic mass is 10.2. The van der Waals surface area contributed by atoms with E-state index in [2.05, 4.69) is 50.3 Å². The summed E-state index contributed by atoms with van der Waals surface area (Å²) < 4.78 is 0. The van der Waals surface area contributed by atoms with Crippen LogP contribution < -0.4 is 5.32 Å². The maximum Gasteiger partial charge on any atom is 0.252 e. The molecule has 0 bridgehead atoms. The summed E-state index contributed by atoms with van der Waals surface area (Å²) in [4.78, 5) is 12.0. The molecule has 0 saturated heterocycles. The van der Waals surface area contributed by atoms with Gasteiger partial charge in [-0.05, 0) is 34.9 Å². The number of hydrogen-bond donors (Lipinski definition) is 1. The number of hydrogen-bond acceptors (Lipinski definition) is 5. The average molecular weight is 313 g/mol. The van der Waals surface area contributed by atoms with Gasteiger partial charge in [-0.2, -0.15) is 11.8 Å². The average Bonchev–Trinajstić information content (AvgIpc) is 2.34. The zero-order valence-corrected chi connectivity index (χ0v) is 14.5. The zero-order chi connectivity index (χ0) is 16.3. The lowest BCUT2D eigenvalue weighted by Gasteiger charge is -2.09. The van der Waals surface area contributed by atoms with E-state index < -0.39 is 4.92 Å². The molecule has 0 atom stereocenters. The maximum absolute atomic E-state index is 10.2. The molecule has 0 aliphatic rings. The van der Waals surface area contributed by atoms with E-state index in [1.807, 2.05) is 11.8 Å². The van der Waals surface area contributed by atoms with Gasteiger partial charge in [0.1, 0.15) is 0 Å². The van der Waals surface area contributed by atoms with E-state index in [4.69, 9.17) is 0 Å². The minimum Gasteiger partial charge on any atom is -0.383 e. The first-order chi connectivity index (χ1) is 9.81. The van der Waals surface area contributed by atoms with E-state index in [0.29, 0.717) is 5.70 Å². The Morgan fingerprint density at radius 2 is 1.86 bits per heavy atom. The predicted molar refractivity (Wildman–Crippen MR) is 92.1 cm³/mol.